The first-order valence-corrected chi connectivity index (χ1v) is 8.20. The molecule has 22 heavy (non-hydrogen) atoms. The SMILES string of the molecule is CO[C@@H]1C[C@H](c2nc(C)no2)N(C(=O)[C@@H](C)c2ccsc2)C1. The van der Waals surface area contributed by atoms with Crippen molar-refractivity contribution in [3.05, 3.63) is 34.1 Å². The molecule has 0 radical (unpaired) electrons. The second kappa shape index (κ2) is 6.18. The van der Waals surface area contributed by atoms with Crippen molar-refractivity contribution in [2.24, 2.45) is 0 Å². The number of thiophene rings is 1. The van der Waals surface area contributed by atoms with Gasteiger partial charge in [-0.25, -0.2) is 0 Å². The molecule has 0 bridgehead atoms. The zero-order valence-corrected chi connectivity index (χ0v) is 13.7. The number of hydrogen-bond acceptors (Lipinski definition) is 6. The first kappa shape index (κ1) is 15.2. The van der Waals surface area contributed by atoms with Crippen LogP contribution in [0.15, 0.2) is 21.3 Å². The lowest BCUT2D eigenvalue weighted by Crippen LogP contribution is -2.35. The monoisotopic (exact) mass is 321 g/mol. The Hall–Kier alpha value is -1.73. The van der Waals surface area contributed by atoms with Gasteiger partial charge < -0.3 is 14.2 Å². The molecule has 7 heteroatoms. The lowest BCUT2D eigenvalue weighted by atomic mass is 10.0. The fraction of sp³-hybridized carbons (Fsp3) is 0.533. The number of likely N-dealkylation sites (tertiary alicyclic amines) is 1. The van der Waals surface area contributed by atoms with Crippen molar-refractivity contribution in [1.29, 1.82) is 0 Å². The molecule has 1 aliphatic rings. The lowest BCUT2D eigenvalue weighted by molar-refractivity contribution is -0.134. The minimum Gasteiger partial charge on any atom is -0.380 e. The summed E-state index contributed by atoms with van der Waals surface area (Å²) in [6.07, 6.45) is 0.677. The highest BCUT2D eigenvalue weighted by Gasteiger charge is 2.41. The topological polar surface area (TPSA) is 68.5 Å². The van der Waals surface area contributed by atoms with Crippen LogP contribution in [0.1, 0.15) is 42.6 Å². The van der Waals surface area contributed by atoms with Gasteiger partial charge >= 0.3 is 0 Å². The number of aromatic nitrogens is 2. The van der Waals surface area contributed by atoms with Crippen LogP contribution in [0, 0.1) is 6.92 Å². The van der Waals surface area contributed by atoms with Gasteiger partial charge in [-0.05, 0) is 36.2 Å². The zero-order valence-electron chi connectivity index (χ0n) is 12.9. The number of nitrogens with zero attached hydrogens (tertiary/aromatic N) is 3. The normalized spacial score (nSPS) is 23.0. The van der Waals surface area contributed by atoms with Gasteiger partial charge in [0.05, 0.1) is 12.0 Å². The Balaban J connectivity index is 1.84. The second-order valence-corrected chi connectivity index (χ2v) is 6.34. The molecule has 0 saturated carbocycles. The maximum Gasteiger partial charge on any atom is 0.249 e. The molecule has 1 saturated heterocycles. The van der Waals surface area contributed by atoms with Crippen molar-refractivity contribution in [2.75, 3.05) is 13.7 Å². The Morgan fingerprint density at radius 2 is 2.41 bits per heavy atom. The summed E-state index contributed by atoms with van der Waals surface area (Å²) in [6, 6.07) is 1.78. The predicted octanol–water partition coefficient (Wildman–Crippen LogP) is 2.53. The van der Waals surface area contributed by atoms with E-state index in [0.29, 0.717) is 24.7 Å². The van der Waals surface area contributed by atoms with Crippen LogP contribution in [-0.2, 0) is 9.53 Å². The Labute approximate surface area is 133 Å². The van der Waals surface area contributed by atoms with Crippen LogP contribution in [0.4, 0.5) is 0 Å². The molecule has 3 heterocycles. The molecule has 1 amide bonds. The maximum absolute atomic E-state index is 12.9. The summed E-state index contributed by atoms with van der Waals surface area (Å²) >= 11 is 1.60. The molecule has 2 aromatic heterocycles. The van der Waals surface area contributed by atoms with Crippen LogP contribution in [0.5, 0.6) is 0 Å². The van der Waals surface area contributed by atoms with E-state index in [9.17, 15) is 4.79 Å². The van der Waals surface area contributed by atoms with Gasteiger partial charge in [0.1, 0.15) is 6.04 Å². The van der Waals surface area contributed by atoms with Gasteiger partial charge in [0, 0.05) is 20.1 Å². The molecule has 2 aromatic rings. The molecule has 6 nitrogen and oxygen atoms in total. The first-order chi connectivity index (χ1) is 10.6. The van der Waals surface area contributed by atoms with Crippen LogP contribution >= 0.6 is 11.3 Å². The summed E-state index contributed by atoms with van der Waals surface area (Å²) in [6.45, 7) is 4.26. The smallest absolute Gasteiger partial charge is 0.249 e. The van der Waals surface area contributed by atoms with Crippen LogP contribution in [0.25, 0.3) is 0 Å². The minimum atomic E-state index is -0.209. The molecule has 0 unspecified atom stereocenters. The van der Waals surface area contributed by atoms with E-state index in [-0.39, 0.29) is 24.0 Å². The number of carbonyl (C=O) groups is 1. The number of carbonyl (C=O) groups excluding carboxylic acids is 1. The van der Waals surface area contributed by atoms with E-state index in [0.717, 1.165) is 5.56 Å². The molecule has 0 aliphatic carbocycles. The van der Waals surface area contributed by atoms with Crippen molar-refractivity contribution in [1.82, 2.24) is 15.0 Å². The molecule has 118 valence electrons. The average Bonchev–Trinajstić information content (AvgIpc) is 3.25. The van der Waals surface area contributed by atoms with Crippen molar-refractivity contribution in [2.45, 2.75) is 38.3 Å². The van der Waals surface area contributed by atoms with Crippen LogP contribution in [0.2, 0.25) is 0 Å². The van der Waals surface area contributed by atoms with Gasteiger partial charge in [0.25, 0.3) is 0 Å². The highest BCUT2D eigenvalue weighted by Crippen LogP contribution is 2.35. The summed E-state index contributed by atoms with van der Waals surface area (Å²) in [4.78, 5) is 19.0. The highest BCUT2D eigenvalue weighted by atomic mass is 32.1. The molecule has 0 aromatic carbocycles. The van der Waals surface area contributed by atoms with Gasteiger partial charge in [-0.3, -0.25) is 4.79 Å². The third-order valence-corrected chi connectivity index (χ3v) is 4.82. The number of ether oxygens (including phenoxy) is 1. The average molecular weight is 321 g/mol. The Bertz CT molecular complexity index is 640. The van der Waals surface area contributed by atoms with E-state index < -0.39 is 0 Å². The van der Waals surface area contributed by atoms with Crippen molar-refractivity contribution in [3.8, 4) is 0 Å². The molecular weight excluding hydrogens is 302 g/mol. The van der Waals surface area contributed by atoms with E-state index in [2.05, 4.69) is 10.1 Å². The summed E-state index contributed by atoms with van der Waals surface area (Å²) < 4.78 is 10.7. The summed E-state index contributed by atoms with van der Waals surface area (Å²) in [5, 5.41) is 7.84. The Kier molecular flexibility index (Phi) is 4.26. The first-order valence-electron chi connectivity index (χ1n) is 7.25. The van der Waals surface area contributed by atoms with Crippen molar-refractivity contribution < 1.29 is 14.1 Å². The van der Waals surface area contributed by atoms with E-state index in [4.69, 9.17) is 9.26 Å². The van der Waals surface area contributed by atoms with Gasteiger partial charge in [-0.1, -0.05) is 5.16 Å². The van der Waals surface area contributed by atoms with Crippen molar-refractivity contribution in [3.63, 3.8) is 0 Å². The van der Waals surface area contributed by atoms with Gasteiger partial charge in [0.15, 0.2) is 5.82 Å². The number of methoxy groups -OCH3 is 1. The molecule has 3 rings (SSSR count). The van der Waals surface area contributed by atoms with Gasteiger partial charge in [-0.15, -0.1) is 0 Å². The predicted molar refractivity (Wildman–Crippen MR) is 81.6 cm³/mol. The van der Waals surface area contributed by atoms with Crippen LogP contribution in [-0.4, -0.2) is 40.7 Å². The van der Waals surface area contributed by atoms with E-state index in [1.165, 1.54) is 0 Å². The molecule has 0 N–H and O–H groups in total. The second-order valence-electron chi connectivity index (χ2n) is 5.56. The number of rotatable bonds is 4. The van der Waals surface area contributed by atoms with Crippen LogP contribution < -0.4 is 0 Å². The number of hydrogen-bond donors (Lipinski definition) is 0. The van der Waals surface area contributed by atoms with Crippen molar-refractivity contribution >= 4 is 17.2 Å². The molecular formula is C15H19N3O3S. The van der Waals surface area contributed by atoms with E-state index in [1.54, 1.807) is 25.4 Å². The van der Waals surface area contributed by atoms with Gasteiger partial charge in [-0.2, -0.15) is 16.3 Å². The summed E-state index contributed by atoms with van der Waals surface area (Å²) in [7, 11) is 1.66. The zero-order chi connectivity index (χ0) is 15.7. The van der Waals surface area contributed by atoms with E-state index >= 15 is 0 Å². The quantitative estimate of drug-likeness (QED) is 0.865. The standard InChI is InChI=1S/C15H19N3O3S/c1-9(11-4-5-22-8-11)15(19)18-7-12(20-3)6-13(18)14-16-10(2)17-21-14/h4-5,8-9,12-13H,6-7H2,1-3H3/t9-,12+,13+/m0/s1. The fourth-order valence-electron chi connectivity index (χ4n) is 2.81. The fourth-order valence-corrected chi connectivity index (χ4v) is 3.56. The minimum absolute atomic E-state index is 0.00386. The Morgan fingerprint density at radius 3 is 3.00 bits per heavy atom. The largest absolute Gasteiger partial charge is 0.380 e. The maximum atomic E-state index is 12.9. The molecule has 3 atom stereocenters. The number of amides is 1. The van der Waals surface area contributed by atoms with Gasteiger partial charge in [0.2, 0.25) is 11.8 Å². The third kappa shape index (κ3) is 2.78. The lowest BCUT2D eigenvalue weighted by Gasteiger charge is -2.24. The molecule has 0 spiro atoms. The number of aryl methyl sites for hydroxylation is 1. The Morgan fingerprint density at radius 1 is 1.59 bits per heavy atom. The molecule has 1 fully saturated rings. The summed E-state index contributed by atoms with van der Waals surface area (Å²) in [5.41, 5.74) is 1.04. The van der Waals surface area contributed by atoms with E-state index in [1.807, 2.05) is 28.7 Å². The summed E-state index contributed by atoms with van der Waals surface area (Å²) in [5.74, 6) is 0.948. The van der Waals surface area contributed by atoms with Crippen LogP contribution in [0.3, 0.4) is 0 Å². The third-order valence-electron chi connectivity index (χ3n) is 4.12. The molecule has 1 aliphatic heterocycles. The highest BCUT2D eigenvalue weighted by molar-refractivity contribution is 7.08.